The molecular formula is C17H11BN2. The first-order valence-corrected chi connectivity index (χ1v) is 6.54. The summed E-state index contributed by atoms with van der Waals surface area (Å²) in [5.41, 5.74) is 3.71. The van der Waals surface area contributed by atoms with Gasteiger partial charge < -0.3 is 4.40 Å². The Morgan fingerprint density at radius 3 is 2.70 bits per heavy atom. The van der Waals surface area contributed by atoms with Gasteiger partial charge in [0, 0.05) is 18.0 Å². The van der Waals surface area contributed by atoms with Crippen LogP contribution < -0.4 is 5.46 Å². The van der Waals surface area contributed by atoms with Gasteiger partial charge in [-0.05, 0) is 29.0 Å². The zero-order valence-corrected chi connectivity index (χ0v) is 10.8. The van der Waals surface area contributed by atoms with Gasteiger partial charge in [-0.3, -0.25) is 0 Å². The van der Waals surface area contributed by atoms with Crippen LogP contribution in [0.15, 0.2) is 67.0 Å². The molecule has 0 aliphatic heterocycles. The Labute approximate surface area is 118 Å². The number of aromatic nitrogens is 2. The van der Waals surface area contributed by atoms with Gasteiger partial charge in [-0.25, -0.2) is 4.98 Å². The summed E-state index contributed by atoms with van der Waals surface area (Å²) in [4.78, 5) is 4.64. The van der Waals surface area contributed by atoms with Gasteiger partial charge in [0.1, 0.15) is 13.5 Å². The highest BCUT2D eigenvalue weighted by molar-refractivity contribution is 6.39. The molecule has 0 fully saturated rings. The average Bonchev–Trinajstić information content (AvgIpc) is 2.91. The molecule has 3 heteroatoms. The van der Waals surface area contributed by atoms with Crippen molar-refractivity contribution in [1.82, 2.24) is 9.38 Å². The van der Waals surface area contributed by atoms with Crippen LogP contribution in [0.5, 0.6) is 0 Å². The molecule has 0 N–H and O–H groups in total. The second-order valence-corrected chi connectivity index (χ2v) is 4.88. The first kappa shape index (κ1) is 11.3. The number of rotatable bonds is 1. The van der Waals surface area contributed by atoms with Gasteiger partial charge in [-0.2, -0.15) is 0 Å². The van der Waals surface area contributed by atoms with Crippen molar-refractivity contribution in [3.63, 3.8) is 0 Å². The normalized spacial score (nSPS) is 11.2. The maximum Gasteiger partial charge on any atom is 0.137 e. The SMILES string of the molecule is [B]c1cc(-c2cn3ccccc3n2)cc2ccccc12. The van der Waals surface area contributed by atoms with Gasteiger partial charge in [0.25, 0.3) is 0 Å². The fourth-order valence-corrected chi connectivity index (χ4v) is 2.56. The second-order valence-electron chi connectivity index (χ2n) is 4.88. The maximum atomic E-state index is 6.15. The molecule has 0 saturated heterocycles. The van der Waals surface area contributed by atoms with Crippen molar-refractivity contribution in [2.45, 2.75) is 0 Å². The number of hydrogen-bond donors (Lipinski definition) is 0. The van der Waals surface area contributed by atoms with E-state index in [-0.39, 0.29) is 0 Å². The molecule has 92 valence electrons. The molecule has 0 amide bonds. The first-order chi connectivity index (χ1) is 9.81. The number of benzene rings is 2. The third-order valence-electron chi connectivity index (χ3n) is 3.55. The topological polar surface area (TPSA) is 17.3 Å². The molecule has 0 saturated carbocycles. The molecule has 0 atom stereocenters. The van der Waals surface area contributed by atoms with E-state index >= 15 is 0 Å². The Morgan fingerprint density at radius 2 is 1.80 bits per heavy atom. The lowest BCUT2D eigenvalue weighted by atomic mass is 9.88. The number of pyridine rings is 1. The maximum absolute atomic E-state index is 6.15. The molecule has 2 heterocycles. The molecule has 20 heavy (non-hydrogen) atoms. The fraction of sp³-hybridized carbons (Fsp3) is 0. The predicted octanol–water partition coefficient (Wildman–Crippen LogP) is 2.95. The van der Waals surface area contributed by atoms with Crippen LogP contribution in [-0.2, 0) is 0 Å². The zero-order valence-electron chi connectivity index (χ0n) is 10.8. The Hall–Kier alpha value is -2.55. The highest BCUT2D eigenvalue weighted by Gasteiger charge is 2.06. The van der Waals surface area contributed by atoms with E-state index in [2.05, 4.69) is 17.1 Å². The van der Waals surface area contributed by atoms with Crippen LogP contribution in [0.1, 0.15) is 0 Å². The molecule has 2 aromatic carbocycles. The summed E-state index contributed by atoms with van der Waals surface area (Å²) in [5.74, 6) is 0. The lowest BCUT2D eigenvalue weighted by molar-refractivity contribution is 1.19. The summed E-state index contributed by atoms with van der Waals surface area (Å²) in [5, 5.41) is 2.22. The lowest BCUT2D eigenvalue weighted by Crippen LogP contribution is -2.04. The molecule has 4 rings (SSSR count). The molecule has 0 aliphatic rings. The summed E-state index contributed by atoms with van der Waals surface area (Å²) < 4.78 is 2.01. The predicted molar refractivity (Wildman–Crippen MR) is 83.5 cm³/mol. The number of hydrogen-bond acceptors (Lipinski definition) is 1. The van der Waals surface area contributed by atoms with Gasteiger partial charge in [-0.1, -0.05) is 41.9 Å². The molecule has 0 unspecified atom stereocenters. The minimum atomic E-state index is 0.787. The van der Waals surface area contributed by atoms with Gasteiger partial charge in [0.05, 0.1) is 5.69 Å². The second kappa shape index (κ2) is 4.24. The van der Waals surface area contributed by atoms with Crippen molar-refractivity contribution in [3.8, 4) is 11.3 Å². The van der Waals surface area contributed by atoms with Crippen molar-refractivity contribution in [1.29, 1.82) is 0 Å². The van der Waals surface area contributed by atoms with E-state index in [1.165, 1.54) is 0 Å². The number of fused-ring (bicyclic) bond motifs is 2. The summed E-state index contributed by atoms with van der Waals surface area (Å²) in [6.45, 7) is 0. The smallest absolute Gasteiger partial charge is 0.137 e. The van der Waals surface area contributed by atoms with Crippen molar-refractivity contribution in [3.05, 3.63) is 67.0 Å². The summed E-state index contributed by atoms with van der Waals surface area (Å²) in [6.07, 6.45) is 4.02. The highest BCUT2D eigenvalue weighted by atomic mass is 15.0. The van der Waals surface area contributed by atoms with Crippen LogP contribution in [0.3, 0.4) is 0 Å². The fourth-order valence-electron chi connectivity index (χ4n) is 2.56. The van der Waals surface area contributed by atoms with Crippen LogP contribution >= 0.6 is 0 Å². The third-order valence-corrected chi connectivity index (χ3v) is 3.55. The van der Waals surface area contributed by atoms with E-state index in [0.29, 0.717) is 0 Å². The van der Waals surface area contributed by atoms with E-state index in [0.717, 1.165) is 33.1 Å². The van der Waals surface area contributed by atoms with Crippen LogP contribution in [0.4, 0.5) is 0 Å². The highest BCUT2D eigenvalue weighted by Crippen LogP contribution is 2.22. The average molecular weight is 254 g/mol. The van der Waals surface area contributed by atoms with E-state index in [9.17, 15) is 0 Å². The number of imidazole rings is 1. The molecule has 2 radical (unpaired) electrons. The van der Waals surface area contributed by atoms with E-state index in [1.807, 2.05) is 59.3 Å². The monoisotopic (exact) mass is 254 g/mol. The Bertz CT molecular complexity index is 891. The van der Waals surface area contributed by atoms with Crippen LogP contribution in [-0.4, -0.2) is 17.2 Å². The van der Waals surface area contributed by atoms with Gasteiger partial charge in [-0.15, -0.1) is 0 Å². The van der Waals surface area contributed by atoms with Crippen LogP contribution in [0.2, 0.25) is 0 Å². The summed E-state index contributed by atoms with van der Waals surface area (Å²) in [6, 6.07) is 18.2. The van der Waals surface area contributed by atoms with Gasteiger partial charge in [0.15, 0.2) is 0 Å². The first-order valence-electron chi connectivity index (χ1n) is 6.54. The Balaban J connectivity index is 1.97. The Kier molecular flexibility index (Phi) is 2.39. The van der Waals surface area contributed by atoms with Crippen LogP contribution in [0.25, 0.3) is 27.7 Å². The minimum Gasteiger partial charge on any atom is -0.306 e. The Morgan fingerprint density at radius 1 is 0.950 bits per heavy atom. The summed E-state index contributed by atoms with van der Waals surface area (Å²) in [7, 11) is 6.15. The molecule has 0 bridgehead atoms. The quantitative estimate of drug-likeness (QED) is 0.477. The standard InChI is InChI=1S/C17H11BN2/c18-15-10-13(9-12-5-1-2-6-14(12)15)16-11-20-8-4-3-7-17(20)19-16/h1-11H. The molecule has 2 aromatic heterocycles. The van der Waals surface area contributed by atoms with Gasteiger partial charge in [0.2, 0.25) is 0 Å². The minimum absolute atomic E-state index is 0.787. The van der Waals surface area contributed by atoms with E-state index in [4.69, 9.17) is 7.85 Å². The third kappa shape index (κ3) is 1.71. The molecule has 0 spiro atoms. The number of nitrogens with zero attached hydrogens (tertiary/aromatic N) is 2. The lowest BCUT2D eigenvalue weighted by Gasteiger charge is -2.05. The van der Waals surface area contributed by atoms with Crippen molar-refractivity contribution < 1.29 is 0 Å². The van der Waals surface area contributed by atoms with E-state index in [1.54, 1.807) is 0 Å². The molecule has 2 nitrogen and oxygen atoms in total. The van der Waals surface area contributed by atoms with Crippen molar-refractivity contribution in [2.75, 3.05) is 0 Å². The van der Waals surface area contributed by atoms with Crippen molar-refractivity contribution in [2.24, 2.45) is 0 Å². The van der Waals surface area contributed by atoms with E-state index < -0.39 is 0 Å². The summed E-state index contributed by atoms with van der Waals surface area (Å²) >= 11 is 0. The van der Waals surface area contributed by atoms with Crippen LogP contribution in [0, 0.1) is 0 Å². The zero-order chi connectivity index (χ0) is 13.5. The molecule has 0 aliphatic carbocycles. The molecule has 4 aromatic rings. The largest absolute Gasteiger partial charge is 0.306 e. The molecular weight excluding hydrogens is 243 g/mol. The van der Waals surface area contributed by atoms with Crippen molar-refractivity contribution >= 4 is 29.7 Å². The van der Waals surface area contributed by atoms with Gasteiger partial charge >= 0.3 is 0 Å².